The monoisotopic (exact) mass is 363 g/mol. The normalized spacial score (nSPS) is 16.8. The lowest BCUT2D eigenvalue weighted by molar-refractivity contribution is 0.122. The van der Waals surface area contributed by atoms with Crippen LogP contribution in [0.3, 0.4) is 0 Å². The van der Waals surface area contributed by atoms with E-state index in [4.69, 9.17) is 0 Å². The molecule has 1 aliphatic rings. The number of piperazine rings is 1. The van der Waals surface area contributed by atoms with Crippen molar-refractivity contribution in [1.29, 1.82) is 0 Å². The lowest BCUT2D eigenvalue weighted by atomic mass is 10.2. The fraction of sp³-hybridized carbons (Fsp3) is 0.353. The molecule has 1 aromatic carbocycles. The van der Waals surface area contributed by atoms with Gasteiger partial charge in [0, 0.05) is 49.9 Å². The van der Waals surface area contributed by atoms with Gasteiger partial charge in [0.2, 0.25) is 0 Å². The van der Waals surface area contributed by atoms with Crippen LogP contribution in [0.15, 0.2) is 47.2 Å². The zero-order chi connectivity index (χ0) is 15.4. The van der Waals surface area contributed by atoms with Crippen molar-refractivity contribution in [3.05, 3.63) is 64.1 Å². The second-order valence-corrected chi connectivity index (χ2v) is 6.61. The van der Waals surface area contributed by atoms with Gasteiger partial charge < -0.3 is 0 Å². The predicted molar refractivity (Wildman–Crippen MR) is 88.9 cm³/mol. The maximum absolute atomic E-state index is 13.2. The van der Waals surface area contributed by atoms with Gasteiger partial charge in [0.15, 0.2) is 0 Å². The van der Waals surface area contributed by atoms with Crippen molar-refractivity contribution in [3.63, 3.8) is 0 Å². The molecule has 1 fully saturated rings. The molecule has 0 radical (unpaired) electrons. The van der Waals surface area contributed by atoms with Crippen molar-refractivity contribution in [2.24, 2.45) is 0 Å². The first-order chi connectivity index (χ1) is 10.7. The highest BCUT2D eigenvalue weighted by molar-refractivity contribution is 9.10. The largest absolute Gasteiger partial charge is 0.297 e. The molecule has 0 unspecified atom stereocenters. The summed E-state index contributed by atoms with van der Waals surface area (Å²) in [5.74, 6) is -0.259. The number of aromatic nitrogens is 1. The summed E-state index contributed by atoms with van der Waals surface area (Å²) in [5, 5.41) is 0. The van der Waals surface area contributed by atoms with Crippen molar-refractivity contribution in [3.8, 4) is 0 Å². The summed E-state index contributed by atoms with van der Waals surface area (Å²) in [5.41, 5.74) is 2.28. The average Bonchev–Trinajstić information content (AvgIpc) is 2.49. The van der Waals surface area contributed by atoms with Crippen LogP contribution in [0.4, 0.5) is 4.39 Å². The third-order valence-corrected chi connectivity index (χ3v) is 4.42. The molecule has 0 spiro atoms. The van der Waals surface area contributed by atoms with Gasteiger partial charge in [-0.3, -0.25) is 14.8 Å². The van der Waals surface area contributed by atoms with Crippen molar-refractivity contribution in [2.45, 2.75) is 13.1 Å². The second-order valence-electron chi connectivity index (χ2n) is 5.69. The molecule has 22 heavy (non-hydrogen) atoms. The maximum atomic E-state index is 13.2. The lowest BCUT2D eigenvalue weighted by Crippen LogP contribution is -2.45. The summed E-state index contributed by atoms with van der Waals surface area (Å²) in [4.78, 5) is 8.73. The third-order valence-electron chi connectivity index (χ3n) is 3.93. The van der Waals surface area contributed by atoms with Crippen LogP contribution in [0.25, 0.3) is 0 Å². The van der Waals surface area contributed by atoms with E-state index < -0.39 is 0 Å². The number of nitrogens with zero attached hydrogens (tertiary/aromatic N) is 3. The van der Waals surface area contributed by atoms with Crippen LogP contribution in [-0.2, 0) is 13.1 Å². The summed E-state index contributed by atoms with van der Waals surface area (Å²) >= 11 is 3.52. The van der Waals surface area contributed by atoms with Gasteiger partial charge in [-0.15, -0.1) is 0 Å². The maximum Gasteiger partial charge on any atom is 0.141 e. The molecule has 0 saturated carbocycles. The Morgan fingerprint density at radius 3 is 2.27 bits per heavy atom. The van der Waals surface area contributed by atoms with Gasteiger partial charge in [0.1, 0.15) is 5.82 Å². The fourth-order valence-corrected chi connectivity index (χ4v) is 3.25. The Labute approximate surface area is 138 Å². The first kappa shape index (κ1) is 15.6. The smallest absolute Gasteiger partial charge is 0.141 e. The van der Waals surface area contributed by atoms with Gasteiger partial charge in [-0.1, -0.05) is 28.1 Å². The lowest BCUT2D eigenvalue weighted by Gasteiger charge is -2.34. The first-order valence-corrected chi connectivity index (χ1v) is 8.27. The van der Waals surface area contributed by atoms with Gasteiger partial charge in [-0.25, -0.2) is 4.39 Å². The molecule has 0 bridgehead atoms. The van der Waals surface area contributed by atoms with Gasteiger partial charge in [0.25, 0.3) is 0 Å². The van der Waals surface area contributed by atoms with E-state index in [1.807, 2.05) is 0 Å². The number of pyridine rings is 1. The molecule has 0 N–H and O–H groups in total. The van der Waals surface area contributed by atoms with Crippen molar-refractivity contribution < 1.29 is 4.39 Å². The summed E-state index contributed by atoms with van der Waals surface area (Å²) in [7, 11) is 0. The molecule has 0 atom stereocenters. The zero-order valence-corrected chi connectivity index (χ0v) is 14.0. The van der Waals surface area contributed by atoms with Crippen LogP contribution >= 0.6 is 15.9 Å². The minimum atomic E-state index is -0.259. The molecule has 3 nitrogen and oxygen atoms in total. The van der Waals surface area contributed by atoms with Gasteiger partial charge >= 0.3 is 0 Å². The zero-order valence-electron chi connectivity index (χ0n) is 12.4. The Bertz CT molecular complexity index is 571. The highest BCUT2D eigenvalue weighted by atomic mass is 79.9. The number of hydrogen-bond donors (Lipinski definition) is 0. The Morgan fingerprint density at radius 2 is 1.64 bits per heavy atom. The Morgan fingerprint density at radius 1 is 0.955 bits per heavy atom. The highest BCUT2D eigenvalue weighted by Crippen LogP contribution is 2.15. The number of hydrogen-bond acceptors (Lipinski definition) is 3. The molecule has 1 saturated heterocycles. The molecule has 2 aromatic rings. The summed E-state index contributed by atoms with van der Waals surface area (Å²) in [6.07, 6.45) is 3.00. The predicted octanol–water partition coefficient (Wildman–Crippen LogP) is 3.30. The third kappa shape index (κ3) is 4.35. The Hall–Kier alpha value is -1.30. The fourth-order valence-electron chi connectivity index (χ4n) is 2.80. The van der Waals surface area contributed by atoms with Gasteiger partial charge in [-0.2, -0.15) is 0 Å². The minimum Gasteiger partial charge on any atom is -0.297 e. The van der Waals surface area contributed by atoms with Gasteiger partial charge in [0.05, 0.1) is 6.20 Å². The van der Waals surface area contributed by atoms with Crippen LogP contribution in [0.2, 0.25) is 0 Å². The Balaban J connectivity index is 1.50. The molecular weight excluding hydrogens is 345 g/mol. The van der Waals surface area contributed by atoms with E-state index in [9.17, 15) is 4.39 Å². The molecule has 1 aromatic heterocycles. The standard InChI is InChI=1S/C17H19BrFN3/c18-16-3-1-2-14(8-16)12-21-4-6-22(7-5-21)13-15-9-17(19)11-20-10-15/h1-3,8-11H,4-7,12-13H2. The van der Waals surface area contributed by atoms with E-state index in [-0.39, 0.29) is 5.82 Å². The highest BCUT2D eigenvalue weighted by Gasteiger charge is 2.17. The second kappa shape index (κ2) is 7.31. The molecule has 116 valence electrons. The quantitative estimate of drug-likeness (QED) is 0.830. The molecule has 3 rings (SSSR count). The summed E-state index contributed by atoms with van der Waals surface area (Å²) in [6, 6.07) is 10.0. The first-order valence-electron chi connectivity index (χ1n) is 7.47. The number of benzene rings is 1. The molecule has 1 aliphatic heterocycles. The van der Waals surface area contributed by atoms with Gasteiger partial charge in [-0.05, 0) is 29.3 Å². The molecular formula is C17H19BrFN3. The average molecular weight is 364 g/mol. The van der Waals surface area contributed by atoms with Crippen LogP contribution in [-0.4, -0.2) is 41.0 Å². The molecule has 0 aliphatic carbocycles. The summed E-state index contributed by atoms with van der Waals surface area (Å²) < 4.78 is 14.3. The minimum absolute atomic E-state index is 0.259. The summed E-state index contributed by atoms with van der Waals surface area (Å²) in [6.45, 7) is 5.84. The van der Waals surface area contributed by atoms with E-state index in [0.29, 0.717) is 0 Å². The number of halogens is 2. The molecule has 2 heterocycles. The van der Waals surface area contributed by atoms with E-state index in [0.717, 1.165) is 49.3 Å². The molecule has 5 heteroatoms. The topological polar surface area (TPSA) is 19.4 Å². The molecule has 0 amide bonds. The van der Waals surface area contributed by atoms with Crippen LogP contribution in [0.5, 0.6) is 0 Å². The van der Waals surface area contributed by atoms with E-state index in [1.165, 1.54) is 11.8 Å². The van der Waals surface area contributed by atoms with Crippen molar-refractivity contribution >= 4 is 15.9 Å². The van der Waals surface area contributed by atoms with Crippen LogP contribution in [0.1, 0.15) is 11.1 Å². The number of rotatable bonds is 4. The van der Waals surface area contributed by atoms with E-state index in [2.05, 4.69) is 55.0 Å². The van der Waals surface area contributed by atoms with Crippen LogP contribution < -0.4 is 0 Å². The Kier molecular flexibility index (Phi) is 5.18. The van der Waals surface area contributed by atoms with E-state index in [1.54, 1.807) is 12.3 Å². The van der Waals surface area contributed by atoms with Crippen molar-refractivity contribution in [1.82, 2.24) is 14.8 Å². The van der Waals surface area contributed by atoms with Crippen LogP contribution in [0, 0.1) is 5.82 Å². The van der Waals surface area contributed by atoms with E-state index >= 15 is 0 Å². The van der Waals surface area contributed by atoms with Crippen molar-refractivity contribution in [2.75, 3.05) is 26.2 Å². The SMILES string of the molecule is Fc1cncc(CN2CCN(Cc3cccc(Br)c3)CC2)c1.